The number of sulfone groups is 1. The van der Waals surface area contributed by atoms with Gasteiger partial charge < -0.3 is 4.74 Å². The highest BCUT2D eigenvalue weighted by Gasteiger charge is 2.25. The van der Waals surface area contributed by atoms with E-state index in [0.717, 1.165) is 17.8 Å². The topological polar surface area (TPSA) is 79.8 Å². The van der Waals surface area contributed by atoms with Crippen molar-refractivity contribution in [3.63, 3.8) is 0 Å². The highest BCUT2D eigenvalue weighted by molar-refractivity contribution is 9.10. The average molecular weight is 561 g/mol. The summed E-state index contributed by atoms with van der Waals surface area (Å²) >= 11 is 4.79. The molecule has 3 aromatic rings. The van der Waals surface area contributed by atoms with Gasteiger partial charge in [0.15, 0.2) is 15.0 Å². The number of carbonyl (C=O) groups excluding carboxylic acids is 1. The van der Waals surface area contributed by atoms with Gasteiger partial charge in [-0.3, -0.25) is 14.6 Å². The molecule has 1 aliphatic heterocycles. The summed E-state index contributed by atoms with van der Waals surface area (Å²) in [5, 5.41) is 0.486. The Morgan fingerprint density at radius 3 is 2.59 bits per heavy atom. The Morgan fingerprint density at radius 2 is 1.91 bits per heavy atom. The molecule has 1 fully saturated rings. The fraction of sp³-hybridized carbons (Fsp3) is 0.333. The molecule has 1 saturated heterocycles. The summed E-state index contributed by atoms with van der Waals surface area (Å²) < 4.78 is 31.3. The van der Waals surface area contributed by atoms with Gasteiger partial charge in [-0.25, -0.2) is 13.4 Å². The van der Waals surface area contributed by atoms with Crippen LogP contribution in [0.25, 0.3) is 10.2 Å². The highest BCUT2D eigenvalue weighted by Crippen LogP contribution is 2.33. The second-order valence-electron chi connectivity index (χ2n) is 7.26. The number of aromatic nitrogens is 1. The number of nitrogens with zero attached hydrogens (tertiary/aromatic N) is 3. The van der Waals surface area contributed by atoms with E-state index in [1.165, 1.54) is 17.6 Å². The third-order valence-corrected chi connectivity index (χ3v) is 7.96. The van der Waals surface area contributed by atoms with Crippen LogP contribution in [0.4, 0.5) is 5.13 Å². The first kappa shape index (κ1) is 25.1. The van der Waals surface area contributed by atoms with Crippen molar-refractivity contribution in [3.05, 3.63) is 52.5 Å². The van der Waals surface area contributed by atoms with Gasteiger partial charge in [0, 0.05) is 36.9 Å². The molecule has 1 aromatic heterocycles. The molecule has 0 atom stereocenters. The van der Waals surface area contributed by atoms with Gasteiger partial charge in [0.2, 0.25) is 0 Å². The lowest BCUT2D eigenvalue weighted by molar-refractivity contribution is 0.0391. The highest BCUT2D eigenvalue weighted by atomic mass is 79.9. The van der Waals surface area contributed by atoms with Crippen LogP contribution in [0, 0.1) is 0 Å². The van der Waals surface area contributed by atoms with Crippen LogP contribution in [0.3, 0.4) is 0 Å². The van der Waals surface area contributed by atoms with Crippen LogP contribution in [-0.4, -0.2) is 69.9 Å². The third kappa shape index (κ3) is 5.49. The maximum absolute atomic E-state index is 13.5. The van der Waals surface area contributed by atoms with E-state index in [1.807, 2.05) is 24.3 Å². The molecule has 4 rings (SSSR count). The Labute approximate surface area is 205 Å². The van der Waals surface area contributed by atoms with Gasteiger partial charge in [-0.2, -0.15) is 0 Å². The summed E-state index contributed by atoms with van der Waals surface area (Å²) in [5.74, 6) is -0.180. The summed E-state index contributed by atoms with van der Waals surface area (Å²) in [4.78, 5) is 22.2. The zero-order valence-corrected chi connectivity index (χ0v) is 21.4. The van der Waals surface area contributed by atoms with Crippen LogP contribution in [-0.2, 0) is 14.6 Å². The van der Waals surface area contributed by atoms with Crippen molar-refractivity contribution in [1.82, 2.24) is 9.88 Å². The first-order valence-electron chi connectivity index (χ1n) is 9.81. The smallest absolute Gasteiger partial charge is 0.261 e. The predicted molar refractivity (Wildman–Crippen MR) is 133 cm³/mol. The molecule has 2 aromatic carbocycles. The van der Waals surface area contributed by atoms with E-state index in [2.05, 4.69) is 25.8 Å². The molecular formula is C21H23BrClN3O4S2. The second kappa shape index (κ2) is 10.6. The Morgan fingerprint density at radius 1 is 1.19 bits per heavy atom. The molecule has 11 heteroatoms. The quantitative estimate of drug-likeness (QED) is 0.456. The average Bonchev–Trinajstić information content (AvgIpc) is 3.18. The molecule has 0 N–H and O–H groups in total. The number of hydrogen-bond acceptors (Lipinski definition) is 7. The van der Waals surface area contributed by atoms with Crippen LogP contribution in [0.5, 0.6) is 0 Å². The Balaban J connectivity index is 0.00000289. The molecule has 1 amide bonds. The first-order valence-corrected chi connectivity index (χ1v) is 13.3. The number of amides is 1. The van der Waals surface area contributed by atoms with Crippen molar-refractivity contribution in [3.8, 4) is 0 Å². The molecule has 0 saturated carbocycles. The number of benzene rings is 2. The van der Waals surface area contributed by atoms with Gasteiger partial charge in [0.1, 0.15) is 5.52 Å². The largest absolute Gasteiger partial charge is 0.379 e. The number of rotatable bonds is 6. The van der Waals surface area contributed by atoms with Gasteiger partial charge in [0.25, 0.3) is 5.91 Å². The van der Waals surface area contributed by atoms with E-state index < -0.39 is 9.84 Å². The molecule has 172 valence electrons. The number of carbonyl (C=O) groups is 1. The number of ether oxygens (including phenoxy) is 1. The van der Waals surface area contributed by atoms with E-state index in [9.17, 15) is 13.2 Å². The van der Waals surface area contributed by atoms with E-state index in [1.54, 1.807) is 23.1 Å². The zero-order valence-electron chi connectivity index (χ0n) is 17.4. The van der Waals surface area contributed by atoms with Crippen LogP contribution < -0.4 is 4.90 Å². The third-order valence-electron chi connectivity index (χ3n) is 5.09. The first-order chi connectivity index (χ1) is 14.8. The van der Waals surface area contributed by atoms with Crippen molar-refractivity contribution < 1.29 is 17.9 Å². The zero-order chi connectivity index (χ0) is 22.0. The summed E-state index contributed by atoms with van der Waals surface area (Å²) in [5.41, 5.74) is 0.938. The molecular weight excluding hydrogens is 538 g/mol. The lowest BCUT2D eigenvalue weighted by Crippen LogP contribution is -2.43. The van der Waals surface area contributed by atoms with E-state index >= 15 is 0 Å². The summed E-state index contributed by atoms with van der Waals surface area (Å²) in [6.45, 7) is 4.10. The number of fused-ring (bicyclic) bond motifs is 1. The molecule has 32 heavy (non-hydrogen) atoms. The maximum Gasteiger partial charge on any atom is 0.261 e. The fourth-order valence-electron chi connectivity index (χ4n) is 3.46. The van der Waals surface area contributed by atoms with Gasteiger partial charge in [0.05, 0.1) is 28.4 Å². The van der Waals surface area contributed by atoms with Crippen LogP contribution in [0.2, 0.25) is 0 Å². The molecule has 2 heterocycles. The minimum Gasteiger partial charge on any atom is -0.379 e. The summed E-state index contributed by atoms with van der Waals surface area (Å²) in [6, 6.07) is 12.3. The van der Waals surface area contributed by atoms with Gasteiger partial charge in [-0.15, -0.1) is 12.4 Å². The van der Waals surface area contributed by atoms with Crippen molar-refractivity contribution in [2.45, 2.75) is 4.90 Å². The Bertz CT molecular complexity index is 1210. The number of thiazole rings is 1. The Hall–Kier alpha value is -1.56. The van der Waals surface area contributed by atoms with Crippen LogP contribution in [0.15, 0.2) is 51.8 Å². The molecule has 0 radical (unpaired) electrons. The van der Waals surface area contributed by atoms with E-state index in [4.69, 9.17) is 4.74 Å². The summed E-state index contributed by atoms with van der Waals surface area (Å²) in [7, 11) is -3.44. The fourth-order valence-corrected chi connectivity index (χ4v) is 5.82. The van der Waals surface area contributed by atoms with E-state index in [0.29, 0.717) is 47.0 Å². The normalized spacial score (nSPS) is 14.8. The minimum atomic E-state index is -3.44. The Kier molecular flexibility index (Phi) is 8.29. The van der Waals surface area contributed by atoms with Gasteiger partial charge in [-0.05, 0) is 40.2 Å². The summed E-state index contributed by atoms with van der Waals surface area (Å²) in [6.07, 6.45) is 1.17. The maximum atomic E-state index is 13.5. The van der Waals surface area contributed by atoms with Crippen molar-refractivity contribution >= 4 is 70.8 Å². The molecule has 0 unspecified atom stereocenters. The van der Waals surface area contributed by atoms with Gasteiger partial charge >= 0.3 is 0 Å². The number of hydrogen-bond donors (Lipinski definition) is 0. The second-order valence-corrected chi connectivity index (χ2v) is 11.1. The van der Waals surface area contributed by atoms with Gasteiger partial charge in [-0.1, -0.05) is 29.5 Å². The molecule has 0 aliphatic carbocycles. The predicted octanol–water partition coefficient (Wildman–Crippen LogP) is 3.86. The number of para-hydroxylation sites is 1. The van der Waals surface area contributed by atoms with Crippen molar-refractivity contribution in [1.29, 1.82) is 0 Å². The minimum absolute atomic E-state index is 0. The van der Waals surface area contributed by atoms with Crippen molar-refractivity contribution in [2.24, 2.45) is 0 Å². The SMILES string of the molecule is CS(=O)(=O)c1cccc2sc(N(CCN3CCOCC3)C(=O)c3ccccc3Br)nc12.Cl. The molecule has 1 aliphatic rings. The monoisotopic (exact) mass is 559 g/mol. The number of halogens is 2. The lowest BCUT2D eigenvalue weighted by atomic mass is 10.2. The molecule has 0 bridgehead atoms. The molecule has 7 nitrogen and oxygen atoms in total. The molecule has 0 spiro atoms. The lowest BCUT2D eigenvalue weighted by Gasteiger charge is -2.29. The number of morpholine rings is 1. The van der Waals surface area contributed by atoms with Crippen LogP contribution in [0.1, 0.15) is 10.4 Å². The standard InChI is InChI=1S/C21H22BrN3O4S2.ClH/c1-31(27,28)18-8-4-7-17-19(18)23-21(30-17)25(10-9-24-11-13-29-14-12-24)20(26)15-5-2-3-6-16(15)22;/h2-8H,9-14H2,1H3;1H. The van der Waals surface area contributed by atoms with E-state index in [-0.39, 0.29) is 23.2 Å². The number of anilines is 1. The van der Waals surface area contributed by atoms with Crippen molar-refractivity contribution in [2.75, 3.05) is 50.5 Å². The van der Waals surface area contributed by atoms with Crippen LogP contribution >= 0.6 is 39.7 Å².